The average Bonchev–Trinajstić information content (AvgIpc) is 3.09. The molecule has 0 amide bonds. The van der Waals surface area contributed by atoms with Crippen LogP contribution in [0.15, 0.2) is 70.6 Å². The molecule has 2 heterocycles. The summed E-state index contributed by atoms with van der Waals surface area (Å²) in [5, 5.41) is 3.97. The molecule has 6 heteroatoms. The number of hydrogen-bond acceptors (Lipinski definition) is 6. The van der Waals surface area contributed by atoms with Crippen LogP contribution in [0.4, 0.5) is 0 Å². The van der Waals surface area contributed by atoms with Crippen LogP contribution in [0, 0.1) is 0 Å². The summed E-state index contributed by atoms with van der Waals surface area (Å²) in [5.74, 6) is 1.69. The first-order valence-electron chi connectivity index (χ1n) is 6.96. The Morgan fingerprint density at radius 1 is 0.636 bits per heavy atom. The average molecular weight is 326 g/mol. The topological polar surface area (TPSA) is 31.2 Å². The van der Waals surface area contributed by atoms with Gasteiger partial charge in [0.1, 0.15) is 0 Å². The summed E-state index contributed by atoms with van der Waals surface area (Å²) in [6, 6.07) is 20.1. The Kier molecular flexibility index (Phi) is 3.35. The highest BCUT2D eigenvalue weighted by Gasteiger charge is 2.43. The van der Waals surface area contributed by atoms with Gasteiger partial charge in [0.2, 0.25) is 0 Å². The highest BCUT2D eigenvalue weighted by atomic mass is 32.1. The van der Waals surface area contributed by atoms with Crippen molar-refractivity contribution in [2.75, 3.05) is 0 Å². The molecule has 0 fully saturated rings. The van der Waals surface area contributed by atoms with Crippen molar-refractivity contribution in [1.29, 1.82) is 0 Å². The number of aliphatic imine (C=N–C) groups is 2. The summed E-state index contributed by atoms with van der Waals surface area (Å²) in [6.45, 7) is 0. The molecule has 0 saturated heterocycles. The standard InChI is InChI=1S/C16H14N4S2/c21-15-17-13(11-7-3-1-4-8-11)19-16(22)18-14(20(15)19)12-9-5-2-6-10-12/h1-10,15-16,21-22H. The molecule has 0 radical (unpaired) electrons. The van der Waals surface area contributed by atoms with E-state index in [1.165, 1.54) is 0 Å². The molecule has 4 nitrogen and oxygen atoms in total. The van der Waals surface area contributed by atoms with Crippen LogP contribution in [0.25, 0.3) is 0 Å². The second-order valence-corrected chi connectivity index (χ2v) is 5.94. The third-order valence-corrected chi connectivity index (χ3v) is 4.31. The minimum atomic E-state index is -0.300. The predicted molar refractivity (Wildman–Crippen MR) is 95.2 cm³/mol. The van der Waals surface area contributed by atoms with Gasteiger partial charge in [0, 0.05) is 11.1 Å². The highest BCUT2D eigenvalue weighted by molar-refractivity contribution is 7.81. The van der Waals surface area contributed by atoms with Crippen LogP contribution in [0.2, 0.25) is 0 Å². The molecule has 0 spiro atoms. The van der Waals surface area contributed by atoms with Crippen molar-refractivity contribution in [2.24, 2.45) is 9.98 Å². The van der Waals surface area contributed by atoms with E-state index < -0.39 is 0 Å². The Labute approximate surface area is 140 Å². The second kappa shape index (κ2) is 5.37. The van der Waals surface area contributed by atoms with E-state index in [2.05, 4.69) is 35.2 Å². The minimum Gasteiger partial charge on any atom is -0.229 e. The first-order chi connectivity index (χ1) is 10.8. The van der Waals surface area contributed by atoms with E-state index in [1.54, 1.807) is 0 Å². The zero-order valence-corrected chi connectivity index (χ0v) is 13.4. The van der Waals surface area contributed by atoms with Gasteiger partial charge in [-0.1, -0.05) is 60.7 Å². The van der Waals surface area contributed by atoms with E-state index in [0.29, 0.717) is 0 Å². The van der Waals surface area contributed by atoms with Crippen molar-refractivity contribution in [1.82, 2.24) is 10.0 Å². The lowest BCUT2D eigenvalue weighted by Crippen LogP contribution is -2.44. The third kappa shape index (κ3) is 2.10. The van der Waals surface area contributed by atoms with E-state index in [-0.39, 0.29) is 11.0 Å². The first-order valence-corrected chi connectivity index (χ1v) is 8.00. The van der Waals surface area contributed by atoms with Gasteiger partial charge in [0.25, 0.3) is 0 Å². The molecule has 2 atom stereocenters. The first kappa shape index (κ1) is 13.7. The van der Waals surface area contributed by atoms with Gasteiger partial charge >= 0.3 is 0 Å². The van der Waals surface area contributed by atoms with Gasteiger partial charge in [-0.3, -0.25) is 0 Å². The van der Waals surface area contributed by atoms with Crippen molar-refractivity contribution < 1.29 is 0 Å². The van der Waals surface area contributed by atoms with Crippen molar-refractivity contribution >= 4 is 36.9 Å². The number of hydrogen-bond donors (Lipinski definition) is 2. The Hall–Kier alpha value is -1.92. The minimum absolute atomic E-state index is 0.300. The summed E-state index contributed by atoms with van der Waals surface area (Å²) in [7, 11) is 0. The molecular weight excluding hydrogens is 312 g/mol. The number of benzene rings is 2. The predicted octanol–water partition coefficient (Wildman–Crippen LogP) is 2.85. The normalized spacial score (nSPS) is 23.4. The number of amidine groups is 2. The molecular formula is C16H14N4S2. The lowest BCUT2D eigenvalue weighted by molar-refractivity contribution is 0.168. The van der Waals surface area contributed by atoms with E-state index in [0.717, 1.165) is 22.8 Å². The molecule has 0 N–H and O–H groups in total. The molecule has 2 aliphatic rings. The van der Waals surface area contributed by atoms with Gasteiger partial charge < -0.3 is 0 Å². The second-order valence-electron chi connectivity index (χ2n) is 5.02. The molecule has 0 aliphatic carbocycles. The van der Waals surface area contributed by atoms with Gasteiger partial charge in [0.05, 0.1) is 0 Å². The van der Waals surface area contributed by atoms with Crippen LogP contribution in [-0.2, 0) is 0 Å². The monoisotopic (exact) mass is 326 g/mol. The van der Waals surface area contributed by atoms with Crippen LogP contribution in [-0.4, -0.2) is 32.7 Å². The number of hydrazine groups is 1. The van der Waals surface area contributed by atoms with Gasteiger partial charge in [0.15, 0.2) is 22.7 Å². The van der Waals surface area contributed by atoms with Crippen LogP contribution in [0.5, 0.6) is 0 Å². The summed E-state index contributed by atoms with van der Waals surface area (Å²) in [6.07, 6.45) is 0. The highest BCUT2D eigenvalue weighted by Crippen LogP contribution is 2.33. The fraction of sp³-hybridized carbons (Fsp3) is 0.125. The smallest absolute Gasteiger partial charge is 0.188 e. The number of rotatable bonds is 2. The van der Waals surface area contributed by atoms with Crippen LogP contribution < -0.4 is 0 Å². The van der Waals surface area contributed by atoms with Crippen molar-refractivity contribution in [3.8, 4) is 0 Å². The maximum atomic E-state index is 4.67. The fourth-order valence-corrected chi connectivity index (χ4v) is 3.34. The van der Waals surface area contributed by atoms with Gasteiger partial charge in [-0.2, -0.15) is 0 Å². The van der Waals surface area contributed by atoms with E-state index in [4.69, 9.17) is 0 Å². The summed E-state index contributed by atoms with van der Waals surface area (Å²) < 4.78 is 0. The molecule has 0 aromatic heterocycles. The molecule has 2 unspecified atom stereocenters. The molecule has 4 rings (SSSR count). The van der Waals surface area contributed by atoms with E-state index in [1.807, 2.05) is 70.7 Å². The van der Waals surface area contributed by atoms with Gasteiger partial charge in [-0.25, -0.2) is 20.0 Å². The van der Waals surface area contributed by atoms with E-state index in [9.17, 15) is 0 Å². The van der Waals surface area contributed by atoms with Crippen LogP contribution in [0.1, 0.15) is 11.1 Å². The fourth-order valence-electron chi connectivity index (χ4n) is 2.68. The molecule has 2 aliphatic heterocycles. The zero-order chi connectivity index (χ0) is 15.1. The molecule has 0 saturated carbocycles. The van der Waals surface area contributed by atoms with Gasteiger partial charge in [-0.05, 0) is 0 Å². The van der Waals surface area contributed by atoms with Crippen LogP contribution >= 0.6 is 25.3 Å². The van der Waals surface area contributed by atoms with Crippen molar-refractivity contribution in [2.45, 2.75) is 11.0 Å². The number of thiol groups is 2. The lowest BCUT2D eigenvalue weighted by Gasteiger charge is -2.29. The van der Waals surface area contributed by atoms with Crippen molar-refractivity contribution in [3.05, 3.63) is 71.8 Å². The van der Waals surface area contributed by atoms with Crippen molar-refractivity contribution in [3.63, 3.8) is 0 Å². The molecule has 0 bridgehead atoms. The molecule has 22 heavy (non-hydrogen) atoms. The van der Waals surface area contributed by atoms with E-state index >= 15 is 0 Å². The number of nitrogens with zero attached hydrogens (tertiary/aromatic N) is 4. The Bertz CT molecular complexity index is 680. The molecule has 2 aromatic carbocycles. The maximum absolute atomic E-state index is 4.67. The maximum Gasteiger partial charge on any atom is 0.188 e. The Morgan fingerprint density at radius 3 is 1.36 bits per heavy atom. The summed E-state index contributed by atoms with van der Waals surface area (Å²) in [5.41, 5.74) is 1.47. The third-order valence-electron chi connectivity index (χ3n) is 3.64. The molecule has 2 aromatic rings. The summed E-state index contributed by atoms with van der Waals surface area (Å²) >= 11 is 9.22. The number of fused-ring (bicyclic) bond motifs is 1. The van der Waals surface area contributed by atoms with Gasteiger partial charge in [-0.15, -0.1) is 25.3 Å². The Balaban J connectivity index is 1.73. The largest absolute Gasteiger partial charge is 0.229 e. The summed E-state index contributed by atoms with van der Waals surface area (Å²) in [4.78, 5) is 9.34. The van der Waals surface area contributed by atoms with Crippen LogP contribution in [0.3, 0.4) is 0 Å². The molecule has 110 valence electrons. The lowest BCUT2D eigenvalue weighted by atomic mass is 10.2. The zero-order valence-electron chi connectivity index (χ0n) is 11.6. The SMILES string of the molecule is SC1N=C(c2ccccc2)N2C(S)N=C(c3ccccc3)N12. The quantitative estimate of drug-likeness (QED) is 0.832. The Morgan fingerprint density at radius 2 is 1.00 bits per heavy atom.